The molecule has 3 nitrogen and oxygen atoms in total. The first-order valence-corrected chi connectivity index (χ1v) is 8.76. The summed E-state index contributed by atoms with van der Waals surface area (Å²) in [7, 11) is 0. The van der Waals surface area contributed by atoms with E-state index in [1.165, 1.54) is 36.4 Å². The molecule has 0 heterocycles. The zero-order valence-electron chi connectivity index (χ0n) is 15.1. The van der Waals surface area contributed by atoms with E-state index in [0.717, 1.165) is 6.07 Å². The summed E-state index contributed by atoms with van der Waals surface area (Å²) >= 11 is 0. The molecule has 2 N–H and O–H groups in total. The van der Waals surface area contributed by atoms with Gasteiger partial charge in [0.2, 0.25) is 5.91 Å². The number of hydrogen-bond donors (Lipinski definition) is 2. The van der Waals surface area contributed by atoms with Crippen molar-refractivity contribution in [2.75, 3.05) is 5.32 Å². The SMILES string of the molecule is C[C@H](N[C@@H](C(=O)Nc1ccc(F)cc1)c1ccccc1)c1ccc(F)cc1F. The predicted octanol–water partition coefficient (Wildman–Crippen LogP) is 5.13. The fourth-order valence-corrected chi connectivity index (χ4v) is 2.91. The van der Waals surface area contributed by atoms with Crippen LogP contribution in [0.2, 0.25) is 0 Å². The summed E-state index contributed by atoms with van der Waals surface area (Å²) in [6.07, 6.45) is 0. The van der Waals surface area contributed by atoms with Crippen molar-refractivity contribution in [1.82, 2.24) is 5.32 Å². The molecule has 0 fully saturated rings. The van der Waals surface area contributed by atoms with E-state index in [1.807, 2.05) is 6.07 Å². The van der Waals surface area contributed by atoms with Crippen LogP contribution in [-0.2, 0) is 4.79 Å². The second-order valence-corrected chi connectivity index (χ2v) is 6.39. The zero-order valence-corrected chi connectivity index (χ0v) is 15.1. The van der Waals surface area contributed by atoms with E-state index in [-0.39, 0.29) is 11.5 Å². The number of hydrogen-bond acceptors (Lipinski definition) is 2. The number of carbonyl (C=O) groups is 1. The van der Waals surface area contributed by atoms with Crippen molar-refractivity contribution in [3.05, 3.63) is 101 Å². The molecule has 28 heavy (non-hydrogen) atoms. The number of carbonyl (C=O) groups excluding carboxylic acids is 1. The first kappa shape index (κ1) is 19.6. The van der Waals surface area contributed by atoms with Crippen LogP contribution in [0.5, 0.6) is 0 Å². The highest BCUT2D eigenvalue weighted by Gasteiger charge is 2.24. The van der Waals surface area contributed by atoms with Crippen LogP contribution in [0, 0.1) is 17.5 Å². The van der Waals surface area contributed by atoms with Crippen LogP contribution in [0.1, 0.15) is 30.1 Å². The van der Waals surface area contributed by atoms with Crippen LogP contribution < -0.4 is 10.6 Å². The molecule has 0 aromatic heterocycles. The van der Waals surface area contributed by atoms with E-state index in [0.29, 0.717) is 11.3 Å². The minimum atomic E-state index is -0.800. The Morgan fingerprint density at radius 2 is 1.50 bits per heavy atom. The van der Waals surface area contributed by atoms with E-state index in [4.69, 9.17) is 0 Å². The highest BCUT2D eigenvalue weighted by Crippen LogP contribution is 2.24. The van der Waals surface area contributed by atoms with E-state index in [9.17, 15) is 18.0 Å². The van der Waals surface area contributed by atoms with Gasteiger partial charge in [-0.05, 0) is 42.8 Å². The predicted molar refractivity (Wildman–Crippen MR) is 102 cm³/mol. The number of nitrogens with one attached hydrogen (secondary N) is 2. The van der Waals surface area contributed by atoms with Gasteiger partial charge in [-0.25, -0.2) is 13.2 Å². The zero-order chi connectivity index (χ0) is 20.1. The Labute approximate surface area is 161 Å². The number of amides is 1. The second-order valence-electron chi connectivity index (χ2n) is 6.39. The molecule has 0 saturated heterocycles. The molecule has 144 valence electrons. The van der Waals surface area contributed by atoms with Crippen molar-refractivity contribution in [1.29, 1.82) is 0 Å². The van der Waals surface area contributed by atoms with Gasteiger partial charge in [-0.15, -0.1) is 0 Å². The molecular weight excluding hydrogens is 365 g/mol. The molecule has 0 aliphatic rings. The van der Waals surface area contributed by atoms with E-state index < -0.39 is 29.5 Å². The van der Waals surface area contributed by atoms with Gasteiger partial charge in [-0.1, -0.05) is 36.4 Å². The van der Waals surface area contributed by atoms with E-state index >= 15 is 0 Å². The monoisotopic (exact) mass is 384 g/mol. The average Bonchev–Trinajstić information content (AvgIpc) is 2.68. The lowest BCUT2D eigenvalue weighted by atomic mass is 10.0. The number of halogens is 3. The lowest BCUT2D eigenvalue weighted by Crippen LogP contribution is -2.35. The van der Waals surface area contributed by atoms with Gasteiger partial charge in [0.1, 0.15) is 23.5 Å². The maximum absolute atomic E-state index is 14.1. The summed E-state index contributed by atoms with van der Waals surface area (Å²) in [6, 6.07) is 16.3. The molecule has 1 amide bonds. The molecule has 0 aliphatic heterocycles. The molecule has 3 aromatic rings. The number of rotatable bonds is 6. The Morgan fingerprint density at radius 1 is 0.857 bits per heavy atom. The lowest BCUT2D eigenvalue weighted by Gasteiger charge is -2.24. The smallest absolute Gasteiger partial charge is 0.246 e. The van der Waals surface area contributed by atoms with Gasteiger partial charge in [0.15, 0.2) is 0 Å². The van der Waals surface area contributed by atoms with Gasteiger partial charge in [0.05, 0.1) is 0 Å². The Kier molecular flexibility index (Phi) is 6.11. The van der Waals surface area contributed by atoms with Crippen molar-refractivity contribution in [3.8, 4) is 0 Å². The molecular formula is C22H19F3N2O. The maximum Gasteiger partial charge on any atom is 0.246 e. The van der Waals surface area contributed by atoms with Crippen LogP contribution in [0.3, 0.4) is 0 Å². The third-order valence-electron chi connectivity index (χ3n) is 4.35. The second kappa shape index (κ2) is 8.71. The highest BCUT2D eigenvalue weighted by atomic mass is 19.1. The topological polar surface area (TPSA) is 41.1 Å². The molecule has 0 aliphatic carbocycles. The first-order chi connectivity index (χ1) is 13.4. The van der Waals surface area contributed by atoms with Gasteiger partial charge in [0, 0.05) is 23.4 Å². The Bertz CT molecular complexity index is 946. The molecule has 0 unspecified atom stereocenters. The molecule has 6 heteroatoms. The molecule has 0 spiro atoms. The van der Waals surface area contributed by atoms with Crippen molar-refractivity contribution >= 4 is 11.6 Å². The summed E-state index contributed by atoms with van der Waals surface area (Å²) in [5.41, 5.74) is 1.36. The quantitative estimate of drug-likeness (QED) is 0.618. The third kappa shape index (κ3) is 4.78. The summed E-state index contributed by atoms with van der Waals surface area (Å²) in [6.45, 7) is 1.69. The van der Waals surface area contributed by atoms with E-state index in [2.05, 4.69) is 10.6 Å². The molecule has 3 rings (SSSR count). The first-order valence-electron chi connectivity index (χ1n) is 8.76. The number of benzene rings is 3. The van der Waals surface area contributed by atoms with E-state index in [1.54, 1.807) is 31.2 Å². The van der Waals surface area contributed by atoms with Crippen LogP contribution in [0.15, 0.2) is 72.8 Å². The Hall–Kier alpha value is -3.12. The Morgan fingerprint density at radius 3 is 2.14 bits per heavy atom. The maximum atomic E-state index is 14.1. The molecule has 0 bridgehead atoms. The van der Waals surface area contributed by atoms with Gasteiger partial charge >= 0.3 is 0 Å². The third-order valence-corrected chi connectivity index (χ3v) is 4.35. The normalized spacial score (nSPS) is 13.0. The van der Waals surface area contributed by atoms with Gasteiger partial charge in [0.25, 0.3) is 0 Å². The molecule has 3 aromatic carbocycles. The molecule has 2 atom stereocenters. The van der Waals surface area contributed by atoms with Gasteiger partial charge < -0.3 is 5.32 Å². The van der Waals surface area contributed by atoms with Crippen molar-refractivity contribution in [2.24, 2.45) is 0 Å². The minimum absolute atomic E-state index is 0.247. The van der Waals surface area contributed by atoms with Crippen LogP contribution >= 0.6 is 0 Å². The number of anilines is 1. The van der Waals surface area contributed by atoms with Crippen molar-refractivity contribution < 1.29 is 18.0 Å². The average molecular weight is 384 g/mol. The Balaban J connectivity index is 1.84. The van der Waals surface area contributed by atoms with Crippen LogP contribution in [0.25, 0.3) is 0 Å². The summed E-state index contributed by atoms with van der Waals surface area (Å²) in [5, 5.41) is 5.82. The summed E-state index contributed by atoms with van der Waals surface area (Å²) in [5.74, 6) is -2.14. The van der Waals surface area contributed by atoms with Gasteiger partial charge in [-0.3, -0.25) is 10.1 Å². The molecule has 0 saturated carbocycles. The van der Waals surface area contributed by atoms with Gasteiger partial charge in [-0.2, -0.15) is 0 Å². The summed E-state index contributed by atoms with van der Waals surface area (Å²) < 4.78 is 40.4. The van der Waals surface area contributed by atoms with Crippen LogP contribution in [0.4, 0.5) is 18.9 Å². The minimum Gasteiger partial charge on any atom is -0.324 e. The van der Waals surface area contributed by atoms with Crippen LogP contribution in [-0.4, -0.2) is 5.91 Å². The van der Waals surface area contributed by atoms with Crippen molar-refractivity contribution in [2.45, 2.75) is 19.0 Å². The fraction of sp³-hybridized carbons (Fsp3) is 0.136. The highest BCUT2D eigenvalue weighted by molar-refractivity contribution is 5.95. The lowest BCUT2D eigenvalue weighted by molar-refractivity contribution is -0.118. The largest absolute Gasteiger partial charge is 0.324 e. The fourth-order valence-electron chi connectivity index (χ4n) is 2.91. The van der Waals surface area contributed by atoms with Crippen molar-refractivity contribution in [3.63, 3.8) is 0 Å². The standard InChI is InChI=1S/C22H19F3N2O/c1-14(19-12-9-17(24)13-20(19)25)26-21(15-5-3-2-4-6-15)22(28)27-18-10-7-16(23)8-11-18/h2-14,21,26H,1H3,(H,27,28)/t14-,21+/m0/s1. The summed E-state index contributed by atoms with van der Waals surface area (Å²) in [4.78, 5) is 12.9. The molecule has 0 radical (unpaired) electrons.